The number of amides is 1. The maximum Gasteiger partial charge on any atom is 0.268 e. The van der Waals surface area contributed by atoms with Crippen molar-refractivity contribution in [3.63, 3.8) is 0 Å². The number of carbonyl (C=O) groups excluding carboxylic acids is 1. The fourth-order valence-electron chi connectivity index (χ4n) is 10.0. The molecule has 1 amide bonds. The van der Waals surface area contributed by atoms with Gasteiger partial charge in [0.05, 0.1) is 39.9 Å². The van der Waals surface area contributed by atoms with Crippen LogP contribution in [0.15, 0.2) is 60.8 Å². The first-order valence-corrected chi connectivity index (χ1v) is 35.1. The average Bonchev–Trinajstić information content (AvgIpc) is 3.41. The Kier molecular flexibility index (Phi) is 58.4. The molecule has 0 aliphatic heterocycles. The van der Waals surface area contributed by atoms with E-state index in [1.807, 2.05) is 27.2 Å². The number of likely N-dealkylation sites (N-methyl/N-ethyl adjacent to an activating group) is 1. The molecule has 0 saturated heterocycles. The fraction of sp³-hybridized carbons (Fsp3) is 0.841. The Morgan fingerprint density at radius 2 is 0.782 bits per heavy atom. The number of nitrogens with one attached hydrogen (secondary N) is 1. The van der Waals surface area contributed by atoms with Crippen molar-refractivity contribution in [3.05, 3.63) is 60.8 Å². The number of aliphatic hydroxyl groups excluding tert-OH is 1. The molecule has 0 aromatic carbocycles. The summed E-state index contributed by atoms with van der Waals surface area (Å²) in [4.78, 5) is 25.6. The van der Waals surface area contributed by atoms with Gasteiger partial charge in [0.25, 0.3) is 7.82 Å². The summed E-state index contributed by atoms with van der Waals surface area (Å²) in [5.74, 6) is -0.192. The van der Waals surface area contributed by atoms with Crippen molar-refractivity contribution in [2.45, 2.75) is 334 Å². The highest BCUT2D eigenvalue weighted by Gasteiger charge is 2.23. The van der Waals surface area contributed by atoms with Crippen molar-refractivity contribution < 1.29 is 32.9 Å². The summed E-state index contributed by atoms with van der Waals surface area (Å²) >= 11 is 0. The van der Waals surface area contributed by atoms with Crippen LogP contribution in [-0.2, 0) is 18.4 Å². The van der Waals surface area contributed by atoms with Crippen LogP contribution in [0.25, 0.3) is 0 Å². The monoisotopic (exact) mass is 1110 g/mol. The Morgan fingerprint density at radius 1 is 0.462 bits per heavy atom. The summed E-state index contributed by atoms with van der Waals surface area (Å²) in [6.45, 7) is 4.58. The maximum atomic E-state index is 13.0. The van der Waals surface area contributed by atoms with Crippen molar-refractivity contribution in [2.75, 3.05) is 40.9 Å². The third-order valence-electron chi connectivity index (χ3n) is 15.2. The lowest BCUT2D eigenvalue weighted by atomic mass is 10.0. The Balaban J connectivity index is 4.01. The molecule has 0 spiro atoms. The Morgan fingerprint density at radius 3 is 1.14 bits per heavy atom. The Hall–Kier alpha value is -1.80. The van der Waals surface area contributed by atoms with E-state index in [0.29, 0.717) is 17.4 Å². The van der Waals surface area contributed by atoms with Crippen molar-refractivity contribution in [3.8, 4) is 0 Å². The zero-order chi connectivity index (χ0) is 57.0. The van der Waals surface area contributed by atoms with Gasteiger partial charge in [0.15, 0.2) is 0 Å². The fourth-order valence-corrected chi connectivity index (χ4v) is 10.8. The maximum absolute atomic E-state index is 13.0. The van der Waals surface area contributed by atoms with Crippen molar-refractivity contribution in [1.29, 1.82) is 0 Å². The van der Waals surface area contributed by atoms with Crippen LogP contribution in [0.2, 0.25) is 0 Å². The molecule has 0 aromatic rings. The molecule has 0 saturated carbocycles. The molecule has 0 bridgehead atoms. The summed E-state index contributed by atoms with van der Waals surface area (Å²) in [6, 6.07) is -0.887. The first-order chi connectivity index (χ1) is 38.0. The van der Waals surface area contributed by atoms with E-state index in [1.54, 1.807) is 6.08 Å². The summed E-state index contributed by atoms with van der Waals surface area (Å²) in [5, 5.41) is 13.9. The molecule has 0 fully saturated rings. The number of phosphoric acid groups is 1. The predicted octanol–water partition coefficient (Wildman–Crippen LogP) is 20.6. The van der Waals surface area contributed by atoms with Gasteiger partial charge in [-0.1, -0.05) is 319 Å². The van der Waals surface area contributed by atoms with Gasteiger partial charge in [0.2, 0.25) is 5.91 Å². The highest BCUT2D eigenvalue weighted by molar-refractivity contribution is 7.45. The van der Waals surface area contributed by atoms with E-state index in [1.165, 1.54) is 238 Å². The van der Waals surface area contributed by atoms with E-state index in [-0.39, 0.29) is 19.1 Å². The number of hydrogen-bond donors (Lipinski definition) is 2. The van der Waals surface area contributed by atoms with Crippen molar-refractivity contribution >= 4 is 13.7 Å². The molecule has 2 N–H and O–H groups in total. The van der Waals surface area contributed by atoms with Crippen molar-refractivity contribution in [2.24, 2.45) is 0 Å². The molecule has 0 aliphatic rings. The number of hydrogen-bond acceptors (Lipinski definition) is 6. The number of aliphatic hydroxyl groups is 1. The summed E-state index contributed by atoms with van der Waals surface area (Å²) in [7, 11) is 1.27. The number of rotatable bonds is 62. The zero-order valence-electron chi connectivity index (χ0n) is 52.4. The van der Waals surface area contributed by atoms with Gasteiger partial charge >= 0.3 is 0 Å². The standard InChI is InChI=1S/C69H131N2O6P/c1-6-8-10-12-14-16-18-20-22-24-26-28-29-30-31-32-33-34-35-36-37-38-39-40-41-43-45-47-49-51-53-55-57-59-61-63-69(73)70-67(66-77-78(74,75)76-65-64-71(3,4)5)68(72)62-60-58-56-54-52-50-48-46-44-42-27-25-23-21-19-17-15-13-11-9-7-2/h8,10,14,16,20,22,26,28,60,62,67-68,72H,6-7,9,11-13,15,17-19,21,23-25,27,29-59,61,63-66H2,1-5H3,(H-,70,73,74,75)/b10-8-,16-14-,22-20-,28-26-,62-60+. The van der Waals surface area contributed by atoms with Gasteiger partial charge in [0, 0.05) is 6.42 Å². The minimum absolute atomic E-state index is 0.0000898. The van der Waals surface area contributed by atoms with Gasteiger partial charge in [-0.3, -0.25) is 9.36 Å². The van der Waals surface area contributed by atoms with Crippen LogP contribution < -0.4 is 10.2 Å². The second kappa shape index (κ2) is 59.8. The minimum Gasteiger partial charge on any atom is -0.756 e. The van der Waals surface area contributed by atoms with E-state index in [9.17, 15) is 19.4 Å². The predicted molar refractivity (Wildman–Crippen MR) is 339 cm³/mol. The quantitative estimate of drug-likeness (QED) is 0.0272. The lowest BCUT2D eigenvalue weighted by Gasteiger charge is -2.29. The number of carbonyl (C=O) groups is 1. The molecule has 78 heavy (non-hydrogen) atoms. The molecule has 458 valence electrons. The van der Waals surface area contributed by atoms with Crippen LogP contribution in [0.1, 0.15) is 322 Å². The summed E-state index contributed by atoms with van der Waals surface area (Å²) in [5.41, 5.74) is 0. The van der Waals surface area contributed by atoms with E-state index in [2.05, 4.69) is 67.8 Å². The molecule has 3 unspecified atom stereocenters. The molecular formula is C69H131N2O6P. The van der Waals surface area contributed by atoms with Gasteiger partial charge in [-0.05, 0) is 57.8 Å². The molecule has 9 heteroatoms. The molecular weight excluding hydrogens is 984 g/mol. The third kappa shape index (κ3) is 61.8. The first kappa shape index (κ1) is 76.2. The van der Waals surface area contributed by atoms with Crippen LogP contribution in [0.4, 0.5) is 0 Å². The second-order valence-electron chi connectivity index (χ2n) is 24.2. The highest BCUT2D eigenvalue weighted by atomic mass is 31.2. The number of quaternary nitrogens is 1. The smallest absolute Gasteiger partial charge is 0.268 e. The van der Waals surface area contributed by atoms with Gasteiger partial charge < -0.3 is 28.8 Å². The van der Waals surface area contributed by atoms with Crippen LogP contribution in [-0.4, -0.2) is 68.5 Å². The number of allylic oxidation sites excluding steroid dienone is 9. The molecule has 8 nitrogen and oxygen atoms in total. The number of unbranched alkanes of at least 4 members (excludes halogenated alkanes) is 41. The first-order valence-electron chi connectivity index (χ1n) is 33.7. The minimum atomic E-state index is -4.60. The van der Waals surface area contributed by atoms with Crippen molar-refractivity contribution in [1.82, 2.24) is 5.32 Å². The van der Waals surface area contributed by atoms with Crippen LogP contribution in [0, 0.1) is 0 Å². The van der Waals surface area contributed by atoms with Gasteiger partial charge in [-0.15, -0.1) is 0 Å². The van der Waals surface area contributed by atoms with Crippen LogP contribution in [0.3, 0.4) is 0 Å². The Labute approximate surface area is 485 Å². The summed E-state index contributed by atoms with van der Waals surface area (Å²) < 4.78 is 23.4. The van der Waals surface area contributed by atoms with Crippen LogP contribution in [0.5, 0.6) is 0 Å². The van der Waals surface area contributed by atoms with Gasteiger partial charge in [-0.2, -0.15) is 0 Å². The third-order valence-corrected chi connectivity index (χ3v) is 16.2. The molecule has 0 heterocycles. The number of nitrogens with zero attached hydrogens (tertiary/aromatic N) is 1. The molecule has 0 aliphatic carbocycles. The van der Waals surface area contributed by atoms with E-state index >= 15 is 0 Å². The van der Waals surface area contributed by atoms with E-state index in [4.69, 9.17) is 9.05 Å². The zero-order valence-corrected chi connectivity index (χ0v) is 53.3. The normalized spacial score (nSPS) is 14.1. The summed E-state index contributed by atoms with van der Waals surface area (Å²) in [6.07, 6.45) is 81.9. The Bertz CT molecular complexity index is 1450. The largest absolute Gasteiger partial charge is 0.756 e. The van der Waals surface area contributed by atoms with E-state index < -0.39 is 20.0 Å². The van der Waals surface area contributed by atoms with Gasteiger partial charge in [0.1, 0.15) is 13.2 Å². The topological polar surface area (TPSA) is 108 Å². The lowest BCUT2D eigenvalue weighted by molar-refractivity contribution is -0.870. The SMILES string of the molecule is CC/C=C\C/C=C\C/C=C\C/C=C\CCCCCCCCCCCCCCCCCCCCCCCCC(=O)NC(COP(=O)([O-])OCC[N+](C)(C)C)C(O)/C=C/CCCCCCCCCCCCCCCCCCCCC. The highest BCUT2D eigenvalue weighted by Crippen LogP contribution is 2.38. The average molecular weight is 1120 g/mol. The van der Waals surface area contributed by atoms with Crippen LogP contribution >= 0.6 is 7.82 Å². The molecule has 0 rings (SSSR count). The number of phosphoric ester groups is 1. The lowest BCUT2D eigenvalue weighted by Crippen LogP contribution is -2.45. The van der Waals surface area contributed by atoms with E-state index in [0.717, 1.165) is 64.2 Å². The molecule has 0 aromatic heterocycles. The molecule has 3 atom stereocenters. The van der Waals surface area contributed by atoms with Gasteiger partial charge in [-0.25, -0.2) is 0 Å². The second-order valence-corrected chi connectivity index (χ2v) is 25.6. The molecule has 0 radical (unpaired) electrons.